The maximum atomic E-state index is 9.43. The zero-order valence-corrected chi connectivity index (χ0v) is 11.3. The predicted octanol–water partition coefficient (Wildman–Crippen LogP) is 3.55. The Balaban J connectivity index is 1.99. The van der Waals surface area contributed by atoms with Crippen LogP contribution in [0.2, 0.25) is 0 Å². The molecule has 0 aliphatic heterocycles. The molecular weight excluding hydrogens is 268 g/mol. The van der Waals surface area contributed by atoms with Crippen LogP contribution in [-0.4, -0.2) is 10.1 Å². The number of benzene rings is 1. The van der Waals surface area contributed by atoms with Gasteiger partial charge in [-0.2, -0.15) is 5.26 Å². The summed E-state index contributed by atoms with van der Waals surface area (Å²) in [6.07, 6.45) is 0.869. The minimum Gasteiger partial charge on any atom is -0.450 e. The smallest absolute Gasteiger partial charge is 0.247 e. The number of furan rings is 1. The first-order chi connectivity index (χ1) is 10.2. The molecule has 0 saturated carbocycles. The van der Waals surface area contributed by atoms with Crippen molar-refractivity contribution < 1.29 is 14.3 Å². The van der Waals surface area contributed by atoms with E-state index in [1.54, 1.807) is 25.1 Å². The van der Waals surface area contributed by atoms with Crippen LogP contribution in [0.15, 0.2) is 47.0 Å². The minimum atomic E-state index is -0.636. The monoisotopic (exact) mass is 280 g/mol. The Morgan fingerprint density at radius 2 is 2.10 bits per heavy atom. The zero-order valence-electron chi connectivity index (χ0n) is 11.3. The van der Waals surface area contributed by atoms with Crippen molar-refractivity contribution in [2.75, 3.05) is 0 Å². The van der Waals surface area contributed by atoms with E-state index < -0.39 is 6.10 Å². The number of aliphatic hydroxyl groups is 1. The van der Waals surface area contributed by atoms with Gasteiger partial charge in [0.2, 0.25) is 5.76 Å². The standard InChI is InChI=1S/C16H12N2O3/c1-10(19)13-7-6-11(9-18-13)20-16-12-4-2-3-5-14(12)21-15(16)8-17/h2-7,9-10,19H,1H3/t10-/m0/s1. The molecule has 0 amide bonds. The fourth-order valence-electron chi connectivity index (χ4n) is 2.01. The van der Waals surface area contributed by atoms with Gasteiger partial charge in [-0.15, -0.1) is 0 Å². The predicted molar refractivity (Wildman–Crippen MR) is 75.9 cm³/mol. The number of nitriles is 1. The average Bonchev–Trinajstić information content (AvgIpc) is 2.86. The number of aliphatic hydroxyl groups excluding tert-OH is 1. The molecule has 2 heterocycles. The highest BCUT2D eigenvalue weighted by Crippen LogP contribution is 2.35. The molecule has 1 aromatic carbocycles. The highest BCUT2D eigenvalue weighted by molar-refractivity contribution is 5.86. The Labute approximate surface area is 121 Å². The molecular formula is C16H12N2O3. The maximum Gasteiger partial charge on any atom is 0.247 e. The number of aromatic nitrogens is 1. The largest absolute Gasteiger partial charge is 0.450 e. The van der Waals surface area contributed by atoms with Crippen molar-refractivity contribution in [2.45, 2.75) is 13.0 Å². The van der Waals surface area contributed by atoms with Crippen molar-refractivity contribution in [1.82, 2.24) is 4.98 Å². The van der Waals surface area contributed by atoms with Crippen LogP contribution in [-0.2, 0) is 0 Å². The quantitative estimate of drug-likeness (QED) is 0.793. The van der Waals surface area contributed by atoms with Gasteiger partial charge >= 0.3 is 0 Å². The molecule has 21 heavy (non-hydrogen) atoms. The molecule has 0 aliphatic rings. The van der Waals surface area contributed by atoms with Gasteiger partial charge in [-0.3, -0.25) is 4.98 Å². The third-order valence-corrected chi connectivity index (χ3v) is 3.06. The topological polar surface area (TPSA) is 79.3 Å². The summed E-state index contributed by atoms with van der Waals surface area (Å²) in [6, 6.07) is 12.6. The molecule has 104 valence electrons. The van der Waals surface area contributed by atoms with Gasteiger partial charge in [-0.05, 0) is 31.2 Å². The lowest BCUT2D eigenvalue weighted by atomic mass is 10.2. The number of pyridine rings is 1. The summed E-state index contributed by atoms with van der Waals surface area (Å²) >= 11 is 0. The third-order valence-electron chi connectivity index (χ3n) is 3.06. The molecule has 3 rings (SSSR count). The van der Waals surface area contributed by atoms with Gasteiger partial charge in [0, 0.05) is 0 Å². The van der Waals surface area contributed by atoms with Gasteiger partial charge in [-0.25, -0.2) is 0 Å². The van der Waals surface area contributed by atoms with E-state index >= 15 is 0 Å². The fraction of sp³-hybridized carbons (Fsp3) is 0.125. The van der Waals surface area contributed by atoms with Crippen LogP contribution in [0, 0.1) is 11.3 Å². The molecule has 1 atom stereocenters. The summed E-state index contributed by atoms with van der Waals surface area (Å²) in [4.78, 5) is 4.11. The fourth-order valence-corrected chi connectivity index (χ4v) is 2.01. The second-order valence-electron chi connectivity index (χ2n) is 4.57. The van der Waals surface area contributed by atoms with Gasteiger partial charge in [0.15, 0.2) is 5.75 Å². The molecule has 0 saturated heterocycles. The van der Waals surface area contributed by atoms with E-state index in [4.69, 9.17) is 14.4 Å². The molecule has 2 aromatic heterocycles. The number of fused-ring (bicyclic) bond motifs is 1. The van der Waals surface area contributed by atoms with Crippen molar-refractivity contribution in [2.24, 2.45) is 0 Å². The van der Waals surface area contributed by atoms with Gasteiger partial charge in [0.1, 0.15) is 17.4 Å². The Hall–Kier alpha value is -2.84. The van der Waals surface area contributed by atoms with Crippen LogP contribution in [0.4, 0.5) is 0 Å². The molecule has 0 bridgehead atoms. The van der Waals surface area contributed by atoms with Gasteiger partial charge in [0.25, 0.3) is 0 Å². The second-order valence-corrected chi connectivity index (χ2v) is 4.57. The van der Waals surface area contributed by atoms with Crippen molar-refractivity contribution >= 4 is 11.0 Å². The second kappa shape index (κ2) is 5.27. The molecule has 0 radical (unpaired) electrons. The van der Waals surface area contributed by atoms with Crippen LogP contribution in [0.1, 0.15) is 24.5 Å². The molecule has 3 aromatic rings. The molecule has 0 unspecified atom stereocenters. The van der Waals surface area contributed by atoms with Crippen molar-refractivity contribution in [3.05, 3.63) is 54.0 Å². The van der Waals surface area contributed by atoms with Crippen LogP contribution < -0.4 is 4.74 Å². The number of rotatable bonds is 3. The number of ether oxygens (including phenoxy) is 1. The zero-order chi connectivity index (χ0) is 14.8. The van der Waals surface area contributed by atoms with Gasteiger partial charge in [0.05, 0.1) is 23.4 Å². The highest BCUT2D eigenvalue weighted by Gasteiger charge is 2.16. The number of para-hydroxylation sites is 1. The van der Waals surface area contributed by atoms with Crippen LogP contribution in [0.3, 0.4) is 0 Å². The van der Waals surface area contributed by atoms with E-state index in [1.807, 2.05) is 24.3 Å². The number of hydrogen-bond acceptors (Lipinski definition) is 5. The SMILES string of the molecule is C[C@H](O)c1ccc(Oc2c(C#N)oc3ccccc23)cn1. The Bertz CT molecular complexity index is 814. The van der Waals surface area contributed by atoms with Crippen LogP contribution >= 0.6 is 0 Å². The minimum absolute atomic E-state index is 0.121. The van der Waals surface area contributed by atoms with Gasteiger partial charge < -0.3 is 14.3 Å². The van der Waals surface area contributed by atoms with E-state index in [2.05, 4.69) is 4.98 Å². The van der Waals surface area contributed by atoms with E-state index in [0.29, 0.717) is 22.8 Å². The summed E-state index contributed by atoms with van der Waals surface area (Å²) in [5, 5.41) is 19.3. The van der Waals surface area contributed by atoms with E-state index in [-0.39, 0.29) is 5.76 Å². The van der Waals surface area contributed by atoms with E-state index in [0.717, 1.165) is 5.39 Å². The summed E-state index contributed by atoms with van der Waals surface area (Å²) in [5.41, 5.74) is 1.15. The van der Waals surface area contributed by atoms with Crippen molar-refractivity contribution in [3.63, 3.8) is 0 Å². The van der Waals surface area contributed by atoms with E-state index in [9.17, 15) is 5.11 Å². The molecule has 0 aliphatic carbocycles. The third kappa shape index (κ3) is 2.45. The van der Waals surface area contributed by atoms with Gasteiger partial charge in [-0.1, -0.05) is 12.1 Å². The summed E-state index contributed by atoms with van der Waals surface area (Å²) in [5.74, 6) is 0.970. The lowest BCUT2D eigenvalue weighted by Gasteiger charge is -2.06. The average molecular weight is 280 g/mol. The van der Waals surface area contributed by atoms with Crippen LogP contribution in [0.5, 0.6) is 11.5 Å². The Morgan fingerprint density at radius 1 is 1.29 bits per heavy atom. The first kappa shape index (κ1) is 13.2. The molecule has 5 heteroatoms. The summed E-state index contributed by atoms with van der Waals surface area (Å²) in [7, 11) is 0. The Morgan fingerprint density at radius 3 is 2.76 bits per heavy atom. The maximum absolute atomic E-state index is 9.43. The van der Waals surface area contributed by atoms with Crippen molar-refractivity contribution in [1.29, 1.82) is 5.26 Å². The first-order valence-corrected chi connectivity index (χ1v) is 6.42. The number of nitrogens with zero attached hydrogens (tertiary/aromatic N) is 2. The highest BCUT2D eigenvalue weighted by atomic mass is 16.5. The molecule has 0 spiro atoms. The summed E-state index contributed by atoms with van der Waals surface area (Å²) in [6.45, 7) is 1.64. The van der Waals surface area contributed by atoms with Crippen LogP contribution in [0.25, 0.3) is 11.0 Å². The Kier molecular flexibility index (Phi) is 3.30. The van der Waals surface area contributed by atoms with E-state index in [1.165, 1.54) is 6.20 Å². The normalized spacial score (nSPS) is 12.0. The molecule has 0 fully saturated rings. The lowest BCUT2D eigenvalue weighted by Crippen LogP contribution is -1.95. The molecule has 5 nitrogen and oxygen atoms in total. The number of hydrogen-bond donors (Lipinski definition) is 1. The summed E-state index contributed by atoms with van der Waals surface area (Å²) < 4.78 is 11.2. The molecule has 1 N–H and O–H groups in total. The van der Waals surface area contributed by atoms with Crippen molar-refractivity contribution in [3.8, 4) is 17.6 Å². The first-order valence-electron chi connectivity index (χ1n) is 6.42. The lowest BCUT2D eigenvalue weighted by molar-refractivity contribution is 0.194.